The molecule has 6 heteroatoms. The number of halogens is 1. The van der Waals surface area contributed by atoms with E-state index in [0.29, 0.717) is 12.5 Å². The number of aromatic nitrogens is 3. The lowest BCUT2D eigenvalue weighted by atomic mass is 10.2. The molecule has 0 spiro atoms. The zero-order valence-electron chi connectivity index (χ0n) is 13.5. The van der Waals surface area contributed by atoms with Gasteiger partial charge in [0.2, 0.25) is 5.95 Å². The Kier molecular flexibility index (Phi) is 4.91. The van der Waals surface area contributed by atoms with Gasteiger partial charge in [-0.25, -0.2) is 4.98 Å². The van der Waals surface area contributed by atoms with Gasteiger partial charge in [0.05, 0.1) is 12.2 Å². The van der Waals surface area contributed by atoms with Crippen molar-refractivity contribution in [2.75, 3.05) is 10.6 Å². The smallest absolute Gasteiger partial charge is 0.225 e. The van der Waals surface area contributed by atoms with Crippen LogP contribution >= 0.6 is 11.6 Å². The molecule has 0 saturated heterocycles. The number of benzene rings is 1. The molecule has 0 saturated carbocycles. The summed E-state index contributed by atoms with van der Waals surface area (Å²) >= 11 is 6.17. The minimum absolute atomic E-state index is 0.558. The highest BCUT2D eigenvalue weighted by molar-refractivity contribution is 6.31. The number of hydrogen-bond donors (Lipinski definition) is 2. The minimum Gasteiger partial charge on any atom is -0.349 e. The molecule has 0 atom stereocenters. The fourth-order valence-electron chi connectivity index (χ4n) is 2.26. The minimum atomic E-state index is 0.558. The topological polar surface area (TPSA) is 62.7 Å². The summed E-state index contributed by atoms with van der Waals surface area (Å²) in [6, 6.07) is 13.4. The van der Waals surface area contributed by atoms with Crippen molar-refractivity contribution in [2.45, 2.75) is 20.4 Å². The summed E-state index contributed by atoms with van der Waals surface area (Å²) in [5.74, 6) is 1.28. The highest BCUT2D eigenvalue weighted by Gasteiger charge is 2.06. The fraction of sp³-hybridized carbons (Fsp3) is 0.167. The van der Waals surface area contributed by atoms with Gasteiger partial charge >= 0.3 is 0 Å². The first-order chi connectivity index (χ1) is 11.6. The molecule has 0 bridgehead atoms. The van der Waals surface area contributed by atoms with Gasteiger partial charge < -0.3 is 10.6 Å². The van der Waals surface area contributed by atoms with Crippen molar-refractivity contribution < 1.29 is 0 Å². The zero-order valence-corrected chi connectivity index (χ0v) is 14.3. The molecular formula is C18H18ClN5. The van der Waals surface area contributed by atoms with Crippen LogP contribution in [-0.4, -0.2) is 15.0 Å². The Labute approximate surface area is 146 Å². The summed E-state index contributed by atoms with van der Waals surface area (Å²) in [5.41, 5.74) is 3.72. The molecule has 2 aromatic heterocycles. The predicted molar refractivity (Wildman–Crippen MR) is 97.8 cm³/mol. The van der Waals surface area contributed by atoms with E-state index in [1.54, 1.807) is 6.20 Å². The average Bonchev–Trinajstić information content (AvgIpc) is 2.58. The first-order valence-electron chi connectivity index (χ1n) is 7.63. The van der Waals surface area contributed by atoms with Crippen LogP contribution in [0.25, 0.3) is 0 Å². The van der Waals surface area contributed by atoms with E-state index in [2.05, 4.69) is 25.6 Å². The van der Waals surface area contributed by atoms with E-state index < -0.39 is 0 Å². The third-order valence-corrected chi connectivity index (χ3v) is 3.95. The molecule has 0 aliphatic rings. The molecule has 122 valence electrons. The van der Waals surface area contributed by atoms with Gasteiger partial charge in [-0.2, -0.15) is 4.98 Å². The Morgan fingerprint density at radius 2 is 1.92 bits per heavy atom. The highest BCUT2D eigenvalue weighted by atomic mass is 35.5. The van der Waals surface area contributed by atoms with Crippen molar-refractivity contribution in [3.63, 3.8) is 0 Å². The molecule has 3 rings (SSSR count). The second kappa shape index (κ2) is 7.27. The monoisotopic (exact) mass is 339 g/mol. The summed E-state index contributed by atoms with van der Waals surface area (Å²) in [6.45, 7) is 4.47. The van der Waals surface area contributed by atoms with E-state index in [1.165, 1.54) is 0 Å². The van der Waals surface area contributed by atoms with Crippen LogP contribution in [0.4, 0.5) is 17.5 Å². The Morgan fingerprint density at radius 1 is 1.04 bits per heavy atom. The van der Waals surface area contributed by atoms with Gasteiger partial charge in [0.1, 0.15) is 5.82 Å². The van der Waals surface area contributed by atoms with Gasteiger partial charge in [0.15, 0.2) is 0 Å². The number of nitrogens with zero attached hydrogens (tertiary/aromatic N) is 3. The van der Waals surface area contributed by atoms with Crippen molar-refractivity contribution in [2.24, 2.45) is 0 Å². The van der Waals surface area contributed by atoms with Gasteiger partial charge in [0.25, 0.3) is 0 Å². The Bertz CT molecular complexity index is 836. The maximum Gasteiger partial charge on any atom is 0.225 e. The number of rotatable bonds is 5. The maximum absolute atomic E-state index is 6.17. The van der Waals surface area contributed by atoms with Crippen molar-refractivity contribution in [3.05, 3.63) is 70.6 Å². The lowest BCUT2D eigenvalue weighted by Gasteiger charge is -2.12. The maximum atomic E-state index is 6.17. The largest absolute Gasteiger partial charge is 0.349 e. The normalized spacial score (nSPS) is 10.5. The lowest BCUT2D eigenvalue weighted by molar-refractivity contribution is 0.991. The van der Waals surface area contributed by atoms with Gasteiger partial charge in [-0.1, -0.05) is 23.7 Å². The highest BCUT2D eigenvalue weighted by Crippen LogP contribution is 2.26. The van der Waals surface area contributed by atoms with Crippen LogP contribution in [0.5, 0.6) is 0 Å². The van der Waals surface area contributed by atoms with Crippen LogP contribution in [0.2, 0.25) is 5.02 Å². The third-order valence-electron chi connectivity index (χ3n) is 3.54. The lowest BCUT2D eigenvalue weighted by Crippen LogP contribution is -2.07. The SMILES string of the molecule is Cc1cc(Nc2cccc(Cl)c2C)nc(NCc2ccccn2)n1. The van der Waals surface area contributed by atoms with E-state index in [4.69, 9.17) is 11.6 Å². The molecule has 24 heavy (non-hydrogen) atoms. The van der Waals surface area contributed by atoms with Crippen molar-refractivity contribution in [3.8, 4) is 0 Å². The van der Waals surface area contributed by atoms with E-state index in [9.17, 15) is 0 Å². The van der Waals surface area contributed by atoms with Crippen LogP contribution in [0, 0.1) is 13.8 Å². The van der Waals surface area contributed by atoms with Crippen molar-refractivity contribution >= 4 is 29.1 Å². The number of hydrogen-bond acceptors (Lipinski definition) is 5. The summed E-state index contributed by atoms with van der Waals surface area (Å²) < 4.78 is 0. The van der Waals surface area contributed by atoms with Crippen LogP contribution in [0.15, 0.2) is 48.7 Å². The number of anilines is 3. The molecule has 3 aromatic rings. The number of aryl methyl sites for hydroxylation is 1. The molecule has 0 aliphatic carbocycles. The Hall–Kier alpha value is -2.66. The second-order valence-electron chi connectivity index (χ2n) is 5.43. The van der Waals surface area contributed by atoms with E-state index in [0.717, 1.165) is 33.5 Å². The molecule has 1 aromatic carbocycles. The molecule has 0 aliphatic heterocycles. The summed E-state index contributed by atoms with van der Waals surface area (Å²) in [7, 11) is 0. The van der Waals surface area contributed by atoms with E-state index in [-0.39, 0.29) is 0 Å². The van der Waals surface area contributed by atoms with Crippen molar-refractivity contribution in [1.82, 2.24) is 15.0 Å². The fourth-order valence-corrected chi connectivity index (χ4v) is 2.44. The van der Waals surface area contributed by atoms with Gasteiger partial charge in [-0.05, 0) is 43.7 Å². The third kappa shape index (κ3) is 4.00. The molecular weight excluding hydrogens is 322 g/mol. The van der Waals surface area contributed by atoms with Crippen molar-refractivity contribution in [1.29, 1.82) is 0 Å². The zero-order chi connectivity index (χ0) is 16.9. The molecule has 2 N–H and O–H groups in total. The first kappa shape index (κ1) is 16.2. The average molecular weight is 340 g/mol. The van der Waals surface area contributed by atoms with Crippen LogP contribution in [0.3, 0.4) is 0 Å². The molecule has 0 radical (unpaired) electrons. The molecule has 0 fully saturated rings. The molecule has 2 heterocycles. The summed E-state index contributed by atoms with van der Waals surface area (Å²) in [5, 5.41) is 7.23. The van der Waals surface area contributed by atoms with Crippen LogP contribution < -0.4 is 10.6 Å². The van der Waals surface area contributed by atoms with Crippen LogP contribution in [-0.2, 0) is 6.54 Å². The van der Waals surface area contributed by atoms with Gasteiger partial charge in [-0.15, -0.1) is 0 Å². The van der Waals surface area contributed by atoms with Crippen LogP contribution in [0.1, 0.15) is 17.0 Å². The standard InChI is InChI=1S/C18H18ClN5/c1-12-10-17(23-16-8-5-7-15(19)13(16)2)24-18(22-12)21-11-14-6-3-4-9-20-14/h3-10H,11H2,1-2H3,(H2,21,22,23,24). The van der Waals surface area contributed by atoms with E-state index in [1.807, 2.05) is 56.3 Å². The molecule has 0 unspecified atom stereocenters. The Morgan fingerprint density at radius 3 is 2.71 bits per heavy atom. The number of nitrogens with one attached hydrogen (secondary N) is 2. The summed E-state index contributed by atoms with van der Waals surface area (Å²) in [6.07, 6.45) is 1.77. The number of pyridine rings is 1. The molecule has 5 nitrogen and oxygen atoms in total. The summed E-state index contributed by atoms with van der Waals surface area (Å²) in [4.78, 5) is 13.2. The predicted octanol–water partition coefficient (Wildman–Crippen LogP) is 4.50. The van der Waals surface area contributed by atoms with E-state index >= 15 is 0 Å². The van der Waals surface area contributed by atoms with Gasteiger partial charge in [0, 0.05) is 28.7 Å². The van der Waals surface area contributed by atoms with Gasteiger partial charge in [-0.3, -0.25) is 4.98 Å². The first-order valence-corrected chi connectivity index (χ1v) is 8.01. The molecule has 0 amide bonds. The Balaban J connectivity index is 1.77. The quantitative estimate of drug-likeness (QED) is 0.716. The second-order valence-corrected chi connectivity index (χ2v) is 5.84.